The van der Waals surface area contributed by atoms with Gasteiger partial charge in [-0.25, -0.2) is 17.9 Å². The fraction of sp³-hybridized carbons (Fsp3) is 0.357. The Kier molecular flexibility index (Phi) is 4.11. The van der Waals surface area contributed by atoms with Gasteiger partial charge < -0.3 is 4.74 Å². The molecule has 2 aromatic rings. The van der Waals surface area contributed by atoms with Crippen LogP contribution in [0.2, 0.25) is 5.02 Å². The fourth-order valence-corrected chi connectivity index (χ4v) is 4.24. The second-order valence-corrected chi connectivity index (χ2v) is 7.95. The van der Waals surface area contributed by atoms with Gasteiger partial charge >= 0.3 is 5.97 Å². The quantitative estimate of drug-likeness (QED) is 0.776. The van der Waals surface area contributed by atoms with E-state index in [9.17, 15) is 13.2 Å². The number of carbonyl (C=O) groups excluding carboxylic acids is 1. The molecule has 0 amide bonds. The molecule has 0 aliphatic carbocycles. The maximum Gasteiger partial charge on any atom is 0.361 e. The van der Waals surface area contributed by atoms with Crippen LogP contribution in [0, 0.1) is 6.92 Å². The molecule has 23 heavy (non-hydrogen) atoms. The van der Waals surface area contributed by atoms with Crippen LogP contribution >= 0.6 is 11.6 Å². The zero-order valence-electron chi connectivity index (χ0n) is 12.3. The Morgan fingerprint density at radius 1 is 1.39 bits per heavy atom. The first kappa shape index (κ1) is 15.9. The van der Waals surface area contributed by atoms with E-state index in [0.29, 0.717) is 22.8 Å². The van der Waals surface area contributed by atoms with Gasteiger partial charge in [0.25, 0.3) is 0 Å². The Labute approximate surface area is 138 Å². The van der Waals surface area contributed by atoms with E-state index in [0.717, 1.165) is 0 Å². The molecule has 1 unspecified atom stereocenters. The van der Waals surface area contributed by atoms with Crippen LogP contribution < -0.4 is 0 Å². The number of nitrogens with zero attached hydrogens (tertiary/aromatic N) is 3. The van der Waals surface area contributed by atoms with Crippen molar-refractivity contribution in [1.29, 1.82) is 0 Å². The van der Waals surface area contributed by atoms with Crippen LogP contribution in [0.4, 0.5) is 0 Å². The topological polar surface area (TPSA) is 91.2 Å². The van der Waals surface area contributed by atoms with Crippen LogP contribution in [0.3, 0.4) is 0 Å². The van der Waals surface area contributed by atoms with Gasteiger partial charge in [0.2, 0.25) is 0 Å². The number of sulfone groups is 1. The van der Waals surface area contributed by atoms with Gasteiger partial charge in [0.1, 0.15) is 6.10 Å². The lowest BCUT2D eigenvalue weighted by Gasteiger charge is -2.09. The maximum absolute atomic E-state index is 12.2. The van der Waals surface area contributed by atoms with Gasteiger partial charge in [-0.05, 0) is 25.5 Å². The molecule has 0 saturated carbocycles. The average Bonchev–Trinajstić information content (AvgIpc) is 3.02. The first-order chi connectivity index (χ1) is 10.9. The molecule has 1 aromatic heterocycles. The lowest BCUT2D eigenvalue weighted by Crippen LogP contribution is -2.20. The highest BCUT2D eigenvalue weighted by molar-refractivity contribution is 7.91. The number of hydrogen-bond acceptors (Lipinski definition) is 6. The minimum atomic E-state index is -3.11. The van der Waals surface area contributed by atoms with Gasteiger partial charge in [-0.15, -0.1) is 5.10 Å². The minimum absolute atomic E-state index is 0.0379. The number of rotatable bonds is 3. The molecule has 1 atom stereocenters. The van der Waals surface area contributed by atoms with Gasteiger partial charge in [-0.2, -0.15) is 0 Å². The first-order valence-electron chi connectivity index (χ1n) is 6.96. The molecule has 1 fully saturated rings. The molecule has 1 aliphatic rings. The number of carbonyl (C=O) groups is 1. The van der Waals surface area contributed by atoms with Crippen molar-refractivity contribution in [3.63, 3.8) is 0 Å². The Morgan fingerprint density at radius 3 is 2.78 bits per heavy atom. The Balaban J connectivity index is 1.82. The first-order valence-corrected chi connectivity index (χ1v) is 9.16. The minimum Gasteiger partial charge on any atom is -0.456 e. The number of para-hydroxylation sites is 1. The Hall–Kier alpha value is -1.93. The smallest absolute Gasteiger partial charge is 0.361 e. The van der Waals surface area contributed by atoms with Gasteiger partial charge in [-0.3, -0.25) is 0 Å². The van der Waals surface area contributed by atoms with E-state index < -0.39 is 21.9 Å². The van der Waals surface area contributed by atoms with Gasteiger partial charge in [0.05, 0.1) is 27.9 Å². The maximum atomic E-state index is 12.2. The zero-order valence-corrected chi connectivity index (χ0v) is 13.8. The van der Waals surface area contributed by atoms with E-state index in [-0.39, 0.29) is 17.2 Å². The molecule has 1 aromatic carbocycles. The molecule has 1 aliphatic heterocycles. The van der Waals surface area contributed by atoms with Crippen LogP contribution in [0.15, 0.2) is 24.3 Å². The summed E-state index contributed by atoms with van der Waals surface area (Å²) in [7, 11) is -3.11. The zero-order chi connectivity index (χ0) is 16.6. The molecule has 122 valence electrons. The molecule has 7 nitrogen and oxygen atoms in total. The van der Waals surface area contributed by atoms with Crippen molar-refractivity contribution >= 4 is 27.4 Å². The van der Waals surface area contributed by atoms with Crippen molar-refractivity contribution in [2.75, 3.05) is 11.5 Å². The van der Waals surface area contributed by atoms with E-state index in [1.807, 2.05) is 0 Å². The van der Waals surface area contributed by atoms with Crippen molar-refractivity contribution in [2.45, 2.75) is 19.4 Å². The SMILES string of the molecule is Cc1c(C(=O)OC2CCS(=O)(=O)C2)nnn1-c1ccccc1Cl. The summed E-state index contributed by atoms with van der Waals surface area (Å²) in [6.07, 6.45) is -0.316. The highest BCUT2D eigenvalue weighted by atomic mass is 35.5. The number of ether oxygens (including phenoxy) is 1. The summed E-state index contributed by atoms with van der Waals surface area (Å²) in [4.78, 5) is 12.2. The van der Waals surface area contributed by atoms with Crippen LogP contribution in [0.25, 0.3) is 5.69 Å². The van der Waals surface area contributed by atoms with Crippen molar-refractivity contribution in [2.24, 2.45) is 0 Å². The van der Waals surface area contributed by atoms with E-state index in [4.69, 9.17) is 16.3 Å². The molecule has 3 rings (SSSR count). The van der Waals surface area contributed by atoms with Crippen LogP contribution in [-0.4, -0.2) is 47.0 Å². The third-order valence-corrected chi connectivity index (χ3v) is 5.69. The standard InChI is InChI=1S/C14H14ClN3O4S/c1-9-13(14(19)22-10-6-7-23(20,21)8-10)16-17-18(9)12-5-3-2-4-11(12)15/h2-5,10H,6-8H2,1H3. The van der Waals surface area contributed by atoms with E-state index in [2.05, 4.69) is 10.3 Å². The predicted molar refractivity (Wildman–Crippen MR) is 83.6 cm³/mol. The highest BCUT2D eigenvalue weighted by Crippen LogP contribution is 2.22. The van der Waals surface area contributed by atoms with E-state index >= 15 is 0 Å². The largest absolute Gasteiger partial charge is 0.456 e. The van der Waals surface area contributed by atoms with Crippen LogP contribution in [-0.2, 0) is 14.6 Å². The number of esters is 1. The monoisotopic (exact) mass is 355 g/mol. The number of aromatic nitrogens is 3. The molecule has 0 spiro atoms. The molecule has 2 heterocycles. The van der Waals surface area contributed by atoms with Crippen molar-refractivity contribution in [1.82, 2.24) is 15.0 Å². The summed E-state index contributed by atoms with van der Waals surface area (Å²) in [6, 6.07) is 7.04. The van der Waals surface area contributed by atoms with Crippen molar-refractivity contribution < 1.29 is 17.9 Å². The second-order valence-electron chi connectivity index (χ2n) is 5.32. The predicted octanol–water partition coefficient (Wildman–Crippen LogP) is 1.57. The Morgan fingerprint density at radius 2 is 2.13 bits per heavy atom. The number of halogens is 1. The lowest BCUT2D eigenvalue weighted by atomic mass is 10.3. The third kappa shape index (κ3) is 3.23. The highest BCUT2D eigenvalue weighted by Gasteiger charge is 2.32. The summed E-state index contributed by atoms with van der Waals surface area (Å²) >= 11 is 6.12. The summed E-state index contributed by atoms with van der Waals surface area (Å²) in [5.74, 6) is -0.782. The van der Waals surface area contributed by atoms with E-state index in [1.165, 1.54) is 4.68 Å². The Bertz CT molecular complexity index is 863. The second kappa shape index (κ2) is 5.93. The summed E-state index contributed by atoms with van der Waals surface area (Å²) in [5.41, 5.74) is 1.12. The summed E-state index contributed by atoms with van der Waals surface area (Å²) in [6.45, 7) is 1.67. The molecule has 0 radical (unpaired) electrons. The van der Waals surface area contributed by atoms with E-state index in [1.54, 1.807) is 31.2 Å². The normalized spacial score (nSPS) is 19.7. The van der Waals surface area contributed by atoms with Gasteiger partial charge in [0.15, 0.2) is 15.5 Å². The van der Waals surface area contributed by atoms with Crippen LogP contribution in [0.5, 0.6) is 0 Å². The molecule has 0 bridgehead atoms. The molecule has 1 saturated heterocycles. The molecule has 9 heteroatoms. The average molecular weight is 356 g/mol. The van der Waals surface area contributed by atoms with Crippen molar-refractivity contribution in [3.8, 4) is 5.69 Å². The molecular formula is C14H14ClN3O4S. The summed E-state index contributed by atoms with van der Waals surface area (Å²) < 4.78 is 29.5. The molecule has 0 N–H and O–H groups in total. The third-order valence-electron chi connectivity index (χ3n) is 3.63. The van der Waals surface area contributed by atoms with Crippen molar-refractivity contribution in [3.05, 3.63) is 40.7 Å². The van der Waals surface area contributed by atoms with Gasteiger partial charge in [-0.1, -0.05) is 28.9 Å². The summed E-state index contributed by atoms with van der Waals surface area (Å²) in [5, 5.41) is 8.25. The lowest BCUT2D eigenvalue weighted by molar-refractivity contribution is 0.0348. The van der Waals surface area contributed by atoms with Gasteiger partial charge in [0, 0.05) is 0 Å². The number of hydrogen-bond donors (Lipinski definition) is 0. The fourth-order valence-electron chi connectivity index (χ4n) is 2.43. The molecular weight excluding hydrogens is 342 g/mol. The number of benzene rings is 1. The van der Waals surface area contributed by atoms with Crippen LogP contribution in [0.1, 0.15) is 22.6 Å².